The molecule has 0 aliphatic rings. The molecule has 0 aromatic rings. The molecule has 0 fully saturated rings. The van der Waals surface area contributed by atoms with Gasteiger partial charge in [-0.1, -0.05) is 6.58 Å². The summed E-state index contributed by atoms with van der Waals surface area (Å²) in [7, 11) is 6.30. The molecular formula is C11H22NO3+. The van der Waals surface area contributed by atoms with Crippen molar-refractivity contribution in [1.82, 2.24) is 0 Å². The summed E-state index contributed by atoms with van der Waals surface area (Å²) in [4.78, 5) is 11.0. The first-order valence-corrected chi connectivity index (χ1v) is 5.04. The van der Waals surface area contributed by atoms with E-state index in [-0.39, 0.29) is 5.97 Å². The van der Waals surface area contributed by atoms with Crippen LogP contribution in [-0.2, 0) is 14.3 Å². The van der Waals surface area contributed by atoms with E-state index < -0.39 is 0 Å². The van der Waals surface area contributed by atoms with Crippen LogP contribution in [0.3, 0.4) is 0 Å². The molecule has 0 aromatic heterocycles. The van der Waals surface area contributed by atoms with Crippen LogP contribution < -0.4 is 0 Å². The van der Waals surface area contributed by atoms with Crippen LogP contribution in [0, 0.1) is 0 Å². The first kappa shape index (κ1) is 14.1. The van der Waals surface area contributed by atoms with E-state index in [1.807, 2.05) is 0 Å². The van der Waals surface area contributed by atoms with Crippen molar-refractivity contribution >= 4 is 5.97 Å². The highest BCUT2D eigenvalue weighted by molar-refractivity contribution is 5.86. The number of rotatable bonds is 7. The van der Waals surface area contributed by atoms with Crippen LogP contribution in [0.5, 0.6) is 0 Å². The van der Waals surface area contributed by atoms with E-state index in [2.05, 4.69) is 27.7 Å². The Kier molecular flexibility index (Phi) is 6.20. The molecular weight excluding hydrogens is 194 g/mol. The van der Waals surface area contributed by atoms with Gasteiger partial charge < -0.3 is 14.0 Å². The Labute approximate surface area is 92.1 Å². The molecule has 0 aliphatic heterocycles. The van der Waals surface area contributed by atoms with E-state index in [9.17, 15) is 4.79 Å². The Hall–Kier alpha value is -0.870. The normalized spacial score (nSPS) is 11.2. The van der Waals surface area contributed by atoms with Crippen LogP contribution in [0.25, 0.3) is 0 Å². The van der Waals surface area contributed by atoms with Gasteiger partial charge >= 0.3 is 5.97 Å². The highest BCUT2D eigenvalue weighted by Crippen LogP contribution is 1.92. The predicted octanol–water partition coefficient (Wildman–Crippen LogP) is 0.829. The standard InChI is InChI=1S/C11H22NO3/c1-10(2)11(13)15-9-8-14-7-6-12(3,4)5/h1,6-9H2,2-5H3/q+1. The average Bonchev–Trinajstić information content (AvgIpc) is 2.08. The number of carbonyl (C=O) groups is 1. The van der Waals surface area contributed by atoms with Gasteiger partial charge in [-0.2, -0.15) is 0 Å². The number of carbonyl (C=O) groups excluding carboxylic acids is 1. The van der Waals surface area contributed by atoms with Crippen LogP contribution in [0.1, 0.15) is 6.92 Å². The van der Waals surface area contributed by atoms with Gasteiger partial charge in [-0.15, -0.1) is 0 Å². The number of nitrogens with zero attached hydrogens (tertiary/aromatic N) is 1. The SMILES string of the molecule is C=C(C)C(=O)OCCOCC[N+](C)(C)C. The van der Waals surface area contributed by atoms with Crippen LogP contribution in [-0.4, -0.2) is 58.0 Å². The Morgan fingerprint density at radius 2 is 1.80 bits per heavy atom. The zero-order valence-corrected chi connectivity index (χ0v) is 10.2. The molecule has 0 radical (unpaired) electrons. The summed E-state index contributed by atoms with van der Waals surface area (Å²) in [5.41, 5.74) is 0.418. The molecule has 0 heterocycles. The van der Waals surface area contributed by atoms with Crippen LogP contribution >= 0.6 is 0 Å². The maximum Gasteiger partial charge on any atom is 0.333 e. The fraction of sp³-hybridized carbons (Fsp3) is 0.727. The molecule has 0 N–H and O–H groups in total. The van der Waals surface area contributed by atoms with Crippen molar-refractivity contribution in [3.8, 4) is 0 Å². The van der Waals surface area contributed by atoms with E-state index in [1.54, 1.807) is 6.92 Å². The molecule has 0 unspecified atom stereocenters. The number of quaternary nitrogens is 1. The first-order chi connectivity index (χ1) is 6.83. The highest BCUT2D eigenvalue weighted by Gasteiger charge is 2.06. The van der Waals surface area contributed by atoms with Gasteiger partial charge in [-0.3, -0.25) is 0 Å². The summed E-state index contributed by atoms with van der Waals surface area (Å²) in [5, 5.41) is 0. The molecule has 0 aromatic carbocycles. The maximum atomic E-state index is 11.0. The van der Waals surface area contributed by atoms with E-state index in [1.165, 1.54) is 0 Å². The molecule has 4 heteroatoms. The van der Waals surface area contributed by atoms with Gasteiger partial charge in [0, 0.05) is 5.57 Å². The van der Waals surface area contributed by atoms with Crippen molar-refractivity contribution in [1.29, 1.82) is 0 Å². The third kappa shape index (κ3) is 9.43. The zero-order chi connectivity index (χ0) is 11.9. The van der Waals surface area contributed by atoms with Crippen LogP contribution in [0.2, 0.25) is 0 Å². The van der Waals surface area contributed by atoms with Gasteiger partial charge in [-0.05, 0) is 6.92 Å². The molecule has 0 bridgehead atoms. The van der Waals surface area contributed by atoms with E-state index >= 15 is 0 Å². The minimum absolute atomic E-state index is 0.294. The molecule has 88 valence electrons. The summed E-state index contributed by atoms with van der Waals surface area (Å²) in [6, 6.07) is 0. The van der Waals surface area contributed by atoms with Gasteiger partial charge in [-0.25, -0.2) is 4.79 Å². The minimum Gasteiger partial charge on any atom is -0.460 e. The predicted molar refractivity (Wildman–Crippen MR) is 59.5 cm³/mol. The zero-order valence-electron chi connectivity index (χ0n) is 10.2. The third-order valence-electron chi connectivity index (χ3n) is 1.72. The second-order valence-electron chi connectivity index (χ2n) is 4.54. The summed E-state index contributed by atoms with van der Waals surface area (Å²) in [5.74, 6) is -0.356. The summed E-state index contributed by atoms with van der Waals surface area (Å²) in [6.07, 6.45) is 0. The van der Waals surface area contributed by atoms with E-state index in [0.29, 0.717) is 25.4 Å². The number of esters is 1. The second kappa shape index (κ2) is 6.58. The average molecular weight is 216 g/mol. The Morgan fingerprint density at radius 1 is 1.20 bits per heavy atom. The van der Waals surface area contributed by atoms with Crippen molar-refractivity contribution in [3.63, 3.8) is 0 Å². The van der Waals surface area contributed by atoms with Gasteiger partial charge in [0.15, 0.2) is 0 Å². The molecule has 4 nitrogen and oxygen atoms in total. The molecule has 0 spiro atoms. The maximum absolute atomic E-state index is 11.0. The third-order valence-corrected chi connectivity index (χ3v) is 1.72. The molecule has 0 saturated carbocycles. The first-order valence-electron chi connectivity index (χ1n) is 5.04. The van der Waals surface area contributed by atoms with Gasteiger partial charge in [0.2, 0.25) is 0 Å². The molecule has 0 rings (SSSR count). The Morgan fingerprint density at radius 3 is 2.27 bits per heavy atom. The van der Waals surface area contributed by atoms with Crippen molar-refractivity contribution in [2.75, 3.05) is 47.5 Å². The fourth-order valence-electron chi connectivity index (χ4n) is 0.757. The van der Waals surface area contributed by atoms with Crippen LogP contribution in [0.4, 0.5) is 0 Å². The number of hydrogen-bond donors (Lipinski definition) is 0. The minimum atomic E-state index is -0.356. The molecule has 15 heavy (non-hydrogen) atoms. The van der Waals surface area contributed by atoms with Crippen LogP contribution in [0.15, 0.2) is 12.2 Å². The molecule has 0 amide bonds. The Balaban J connectivity index is 3.33. The second-order valence-corrected chi connectivity index (χ2v) is 4.54. The van der Waals surface area contributed by atoms with Gasteiger partial charge in [0.25, 0.3) is 0 Å². The largest absolute Gasteiger partial charge is 0.460 e. The summed E-state index contributed by atoms with van der Waals surface area (Å²) in [6.45, 7) is 7.46. The number of ether oxygens (including phenoxy) is 2. The highest BCUT2D eigenvalue weighted by atomic mass is 16.6. The van der Waals surface area contributed by atoms with Gasteiger partial charge in [0.1, 0.15) is 13.2 Å². The summed E-state index contributed by atoms with van der Waals surface area (Å²) >= 11 is 0. The van der Waals surface area contributed by atoms with Gasteiger partial charge in [0.05, 0.1) is 34.4 Å². The van der Waals surface area contributed by atoms with E-state index in [0.717, 1.165) is 11.0 Å². The summed E-state index contributed by atoms with van der Waals surface area (Å²) < 4.78 is 11.1. The number of hydrogen-bond acceptors (Lipinski definition) is 3. The van der Waals surface area contributed by atoms with Crippen molar-refractivity contribution in [2.45, 2.75) is 6.92 Å². The Bertz CT molecular complexity index is 218. The lowest BCUT2D eigenvalue weighted by Gasteiger charge is -2.23. The van der Waals surface area contributed by atoms with Crippen molar-refractivity contribution in [2.24, 2.45) is 0 Å². The smallest absolute Gasteiger partial charge is 0.333 e. The lowest BCUT2D eigenvalue weighted by molar-refractivity contribution is -0.870. The molecule has 0 aliphatic carbocycles. The molecule has 0 saturated heterocycles. The monoisotopic (exact) mass is 216 g/mol. The molecule has 0 atom stereocenters. The lowest BCUT2D eigenvalue weighted by Crippen LogP contribution is -2.37. The topological polar surface area (TPSA) is 35.5 Å². The van der Waals surface area contributed by atoms with E-state index in [4.69, 9.17) is 9.47 Å². The lowest BCUT2D eigenvalue weighted by atomic mass is 10.4. The quantitative estimate of drug-likeness (QED) is 0.274. The van der Waals surface area contributed by atoms with Crippen molar-refractivity contribution < 1.29 is 18.8 Å². The number of likely N-dealkylation sites (N-methyl/N-ethyl adjacent to an activating group) is 1. The van der Waals surface area contributed by atoms with Crippen molar-refractivity contribution in [3.05, 3.63) is 12.2 Å². The fourth-order valence-corrected chi connectivity index (χ4v) is 0.757.